The number of aromatic nitrogens is 4. The molecule has 11 heteroatoms. The Bertz CT molecular complexity index is 1290. The minimum absolute atomic E-state index is 0.0682. The number of halogens is 2. The first-order chi connectivity index (χ1) is 19.1. The molecule has 1 aromatic carbocycles. The predicted octanol–water partition coefficient (Wildman–Crippen LogP) is 3.72. The van der Waals surface area contributed by atoms with Crippen molar-refractivity contribution in [3.05, 3.63) is 53.6 Å². The van der Waals surface area contributed by atoms with Gasteiger partial charge >= 0.3 is 0 Å². The Balaban J connectivity index is 1.25. The number of anilines is 1. The standard InChI is InChI=1S/C28H34F2N6O3/c29-20-4-5-25(22(30)15-20)39-21-6-10-35(11-7-21)28-27(19-16-31-36(17-19)26-3-1-2-14-38-26)32-24-18-34(12-13-37)9-8-23(24)33-28/h4-5,15-17,21,26,37H,1-3,6-14,18H2. The highest BCUT2D eigenvalue weighted by Crippen LogP contribution is 2.34. The largest absolute Gasteiger partial charge is 0.487 e. The summed E-state index contributed by atoms with van der Waals surface area (Å²) in [6.45, 7) is 4.28. The van der Waals surface area contributed by atoms with E-state index in [1.807, 2.05) is 17.1 Å². The molecule has 3 aliphatic rings. The van der Waals surface area contributed by atoms with E-state index in [1.54, 1.807) is 0 Å². The molecule has 0 spiro atoms. The Labute approximate surface area is 226 Å². The first-order valence-corrected chi connectivity index (χ1v) is 13.8. The van der Waals surface area contributed by atoms with Gasteiger partial charge in [0, 0.05) is 76.4 Å². The quantitative estimate of drug-likeness (QED) is 0.485. The molecule has 0 radical (unpaired) electrons. The van der Waals surface area contributed by atoms with Gasteiger partial charge in [0.2, 0.25) is 0 Å². The lowest BCUT2D eigenvalue weighted by atomic mass is 10.1. The molecule has 1 unspecified atom stereocenters. The summed E-state index contributed by atoms with van der Waals surface area (Å²) in [6.07, 6.45) is 8.83. The fourth-order valence-corrected chi connectivity index (χ4v) is 5.61. The van der Waals surface area contributed by atoms with Crippen molar-refractivity contribution in [1.29, 1.82) is 0 Å². The number of β-amino-alcohol motifs (C(OH)–C–C–N with tert-alkyl or cyclic N) is 1. The van der Waals surface area contributed by atoms with Gasteiger partial charge in [-0.15, -0.1) is 0 Å². The Morgan fingerprint density at radius 1 is 1.05 bits per heavy atom. The van der Waals surface area contributed by atoms with Gasteiger partial charge in [-0.2, -0.15) is 5.10 Å². The highest BCUT2D eigenvalue weighted by Gasteiger charge is 2.29. The first kappa shape index (κ1) is 26.1. The third-order valence-electron chi connectivity index (χ3n) is 7.74. The molecule has 3 aromatic rings. The van der Waals surface area contributed by atoms with E-state index < -0.39 is 11.6 Å². The molecule has 208 valence electrons. The Morgan fingerprint density at radius 3 is 2.69 bits per heavy atom. The average Bonchev–Trinajstić information content (AvgIpc) is 3.45. The molecule has 0 aliphatic carbocycles. The maximum atomic E-state index is 14.1. The van der Waals surface area contributed by atoms with Gasteiger partial charge in [0.05, 0.1) is 24.2 Å². The molecule has 39 heavy (non-hydrogen) atoms. The van der Waals surface area contributed by atoms with Crippen molar-refractivity contribution in [2.45, 2.75) is 57.4 Å². The van der Waals surface area contributed by atoms with Gasteiger partial charge in [0.1, 0.15) is 23.8 Å². The van der Waals surface area contributed by atoms with Crippen LogP contribution in [0.25, 0.3) is 11.3 Å². The van der Waals surface area contributed by atoms with Gasteiger partial charge in [-0.25, -0.2) is 23.4 Å². The third kappa shape index (κ3) is 5.75. The summed E-state index contributed by atoms with van der Waals surface area (Å²) in [5.74, 6) is -0.408. The molecule has 3 aliphatic heterocycles. The zero-order valence-corrected chi connectivity index (χ0v) is 21.9. The lowest BCUT2D eigenvalue weighted by molar-refractivity contribution is -0.0394. The second kappa shape index (κ2) is 11.5. The summed E-state index contributed by atoms with van der Waals surface area (Å²) in [4.78, 5) is 14.7. The SMILES string of the molecule is OCCN1CCc2nc(N3CCC(Oc4ccc(F)cc4F)CC3)c(-c3cnn(C4CCCCO4)c3)nc2C1. The normalized spacial score (nSPS) is 20.7. The summed E-state index contributed by atoms with van der Waals surface area (Å²) < 4.78 is 41.1. The number of nitrogens with zero attached hydrogens (tertiary/aromatic N) is 6. The highest BCUT2D eigenvalue weighted by atomic mass is 19.1. The molecule has 1 atom stereocenters. The monoisotopic (exact) mass is 540 g/mol. The average molecular weight is 541 g/mol. The minimum atomic E-state index is -0.686. The molecule has 6 rings (SSSR count). The zero-order valence-electron chi connectivity index (χ0n) is 21.9. The summed E-state index contributed by atoms with van der Waals surface area (Å²) in [5, 5.41) is 14.0. The Morgan fingerprint density at radius 2 is 1.92 bits per heavy atom. The van der Waals surface area contributed by atoms with E-state index in [1.165, 1.54) is 12.1 Å². The number of aliphatic hydroxyl groups excluding tert-OH is 1. The van der Waals surface area contributed by atoms with Crippen LogP contribution in [0, 0.1) is 11.6 Å². The van der Waals surface area contributed by atoms with Gasteiger partial charge in [-0.3, -0.25) is 4.90 Å². The lowest BCUT2D eigenvalue weighted by Crippen LogP contribution is -2.40. The number of hydrogen-bond donors (Lipinski definition) is 1. The van der Waals surface area contributed by atoms with Crippen molar-refractivity contribution in [3.8, 4) is 17.0 Å². The van der Waals surface area contributed by atoms with E-state index >= 15 is 0 Å². The van der Waals surface area contributed by atoms with Crippen LogP contribution in [-0.2, 0) is 17.7 Å². The predicted molar refractivity (Wildman–Crippen MR) is 140 cm³/mol. The number of benzene rings is 1. The molecule has 9 nitrogen and oxygen atoms in total. The molecule has 2 aromatic heterocycles. The molecule has 0 amide bonds. The zero-order chi connectivity index (χ0) is 26.8. The number of hydrogen-bond acceptors (Lipinski definition) is 8. The van der Waals surface area contributed by atoms with Crippen LogP contribution >= 0.6 is 0 Å². The van der Waals surface area contributed by atoms with E-state index in [0.29, 0.717) is 39.0 Å². The maximum absolute atomic E-state index is 14.1. The molecular formula is C28H34F2N6O3. The van der Waals surface area contributed by atoms with E-state index in [9.17, 15) is 13.9 Å². The van der Waals surface area contributed by atoms with Crippen molar-refractivity contribution < 1.29 is 23.4 Å². The third-order valence-corrected chi connectivity index (χ3v) is 7.74. The van der Waals surface area contributed by atoms with Gasteiger partial charge in [-0.05, 0) is 31.4 Å². The van der Waals surface area contributed by atoms with E-state index in [2.05, 4.69) is 14.9 Å². The number of rotatable bonds is 7. The number of aliphatic hydroxyl groups is 1. The maximum Gasteiger partial charge on any atom is 0.167 e. The second-order valence-corrected chi connectivity index (χ2v) is 10.4. The smallest absolute Gasteiger partial charge is 0.167 e. The molecule has 5 heterocycles. The fourth-order valence-electron chi connectivity index (χ4n) is 5.61. The van der Waals surface area contributed by atoms with Gasteiger partial charge in [0.15, 0.2) is 17.4 Å². The van der Waals surface area contributed by atoms with Crippen LogP contribution in [0.2, 0.25) is 0 Å². The van der Waals surface area contributed by atoms with Crippen LogP contribution in [0.3, 0.4) is 0 Å². The molecule has 2 fully saturated rings. The van der Waals surface area contributed by atoms with Gasteiger partial charge < -0.3 is 19.5 Å². The summed E-state index contributed by atoms with van der Waals surface area (Å²) in [7, 11) is 0. The number of ether oxygens (including phenoxy) is 2. The Kier molecular flexibility index (Phi) is 7.71. The van der Waals surface area contributed by atoms with Crippen molar-refractivity contribution >= 4 is 5.82 Å². The van der Waals surface area contributed by atoms with Crippen LogP contribution in [0.4, 0.5) is 14.6 Å². The molecule has 0 bridgehead atoms. The van der Waals surface area contributed by atoms with Crippen LogP contribution in [0.5, 0.6) is 5.75 Å². The summed E-state index contributed by atoms with van der Waals surface area (Å²) >= 11 is 0. The van der Waals surface area contributed by atoms with E-state index in [4.69, 9.17) is 19.4 Å². The van der Waals surface area contributed by atoms with Crippen LogP contribution in [0.1, 0.15) is 49.7 Å². The number of piperidine rings is 1. The molecular weight excluding hydrogens is 506 g/mol. The van der Waals surface area contributed by atoms with Gasteiger partial charge in [-0.1, -0.05) is 0 Å². The van der Waals surface area contributed by atoms with E-state index in [-0.39, 0.29) is 24.7 Å². The molecule has 1 N–H and O–H groups in total. The first-order valence-electron chi connectivity index (χ1n) is 13.8. The number of fused-ring (bicyclic) bond motifs is 1. The molecule has 0 saturated carbocycles. The van der Waals surface area contributed by atoms with Crippen molar-refractivity contribution in [2.24, 2.45) is 0 Å². The lowest BCUT2D eigenvalue weighted by Gasteiger charge is -2.35. The summed E-state index contributed by atoms with van der Waals surface area (Å²) in [5.41, 5.74) is 3.59. The second-order valence-electron chi connectivity index (χ2n) is 10.4. The Hall–Kier alpha value is -3.15. The minimum Gasteiger partial charge on any atom is -0.487 e. The van der Waals surface area contributed by atoms with Crippen molar-refractivity contribution in [2.75, 3.05) is 44.3 Å². The molecule has 2 saturated heterocycles. The van der Waals surface area contributed by atoms with Crippen LogP contribution in [0.15, 0.2) is 30.6 Å². The van der Waals surface area contributed by atoms with Crippen LogP contribution in [-0.4, -0.2) is 75.3 Å². The van der Waals surface area contributed by atoms with Crippen molar-refractivity contribution in [1.82, 2.24) is 24.6 Å². The topological polar surface area (TPSA) is 88.8 Å². The fraction of sp³-hybridized carbons (Fsp3) is 0.536. The van der Waals surface area contributed by atoms with Gasteiger partial charge in [0.25, 0.3) is 0 Å². The summed E-state index contributed by atoms with van der Waals surface area (Å²) in [6, 6.07) is 3.40. The van der Waals surface area contributed by atoms with Crippen LogP contribution < -0.4 is 9.64 Å². The highest BCUT2D eigenvalue weighted by molar-refractivity contribution is 5.72. The van der Waals surface area contributed by atoms with E-state index in [0.717, 1.165) is 73.4 Å². The van der Waals surface area contributed by atoms with Crippen molar-refractivity contribution in [3.63, 3.8) is 0 Å².